The summed E-state index contributed by atoms with van der Waals surface area (Å²) in [6.07, 6.45) is 0. The summed E-state index contributed by atoms with van der Waals surface area (Å²) in [6.45, 7) is 0. The van der Waals surface area contributed by atoms with E-state index >= 15 is 0 Å². The average Bonchev–Trinajstić information content (AvgIpc) is 2.60. The van der Waals surface area contributed by atoms with Gasteiger partial charge in [0, 0.05) is 5.69 Å². The van der Waals surface area contributed by atoms with Crippen LogP contribution in [0, 0.1) is 0 Å². The highest BCUT2D eigenvalue weighted by atomic mass is 32.2. The van der Waals surface area contributed by atoms with Gasteiger partial charge in [-0.05, 0) is 53.2 Å². The zero-order chi connectivity index (χ0) is 18.0. The fourth-order valence-electron chi connectivity index (χ4n) is 2.43. The molecule has 0 fully saturated rings. The smallest absolute Gasteiger partial charge is 0.335 e. The Morgan fingerprint density at radius 3 is 2.44 bits per heavy atom. The van der Waals surface area contributed by atoms with Crippen LogP contribution in [0.4, 0.5) is 5.69 Å². The van der Waals surface area contributed by atoms with E-state index < -0.39 is 16.0 Å². The number of fused-ring (bicyclic) bond motifs is 1. The van der Waals surface area contributed by atoms with Gasteiger partial charge < -0.3 is 9.84 Å². The number of benzene rings is 3. The third kappa shape index (κ3) is 3.56. The normalized spacial score (nSPS) is 11.2. The van der Waals surface area contributed by atoms with Crippen molar-refractivity contribution < 1.29 is 23.1 Å². The summed E-state index contributed by atoms with van der Waals surface area (Å²) >= 11 is 0. The second-order valence-electron chi connectivity index (χ2n) is 5.37. The minimum absolute atomic E-state index is 0.00538. The number of rotatable bonds is 5. The van der Waals surface area contributed by atoms with Gasteiger partial charge in [0.05, 0.1) is 17.6 Å². The lowest BCUT2D eigenvalue weighted by Gasteiger charge is -2.10. The monoisotopic (exact) mass is 357 g/mol. The van der Waals surface area contributed by atoms with Crippen LogP contribution in [0.3, 0.4) is 0 Å². The number of aromatic carboxylic acids is 1. The predicted octanol–water partition coefficient (Wildman–Crippen LogP) is 3.35. The molecule has 0 heterocycles. The van der Waals surface area contributed by atoms with Crippen molar-refractivity contribution in [2.45, 2.75) is 4.90 Å². The predicted molar refractivity (Wildman–Crippen MR) is 94.7 cm³/mol. The van der Waals surface area contributed by atoms with Crippen molar-refractivity contribution in [2.75, 3.05) is 11.8 Å². The molecule has 25 heavy (non-hydrogen) atoms. The molecule has 0 radical (unpaired) electrons. The van der Waals surface area contributed by atoms with E-state index in [2.05, 4.69) is 4.72 Å². The summed E-state index contributed by atoms with van der Waals surface area (Å²) in [5, 5.41) is 10.6. The Bertz CT molecular complexity index is 1060. The van der Waals surface area contributed by atoms with Crippen LogP contribution >= 0.6 is 0 Å². The molecular weight excluding hydrogens is 342 g/mol. The second kappa shape index (κ2) is 6.45. The lowest BCUT2D eigenvalue weighted by Crippen LogP contribution is -2.13. The molecule has 7 heteroatoms. The van der Waals surface area contributed by atoms with Crippen molar-refractivity contribution in [2.24, 2.45) is 0 Å². The highest BCUT2D eigenvalue weighted by Gasteiger charge is 2.15. The molecule has 0 saturated heterocycles. The van der Waals surface area contributed by atoms with Gasteiger partial charge in [-0.1, -0.05) is 18.2 Å². The largest absolute Gasteiger partial charge is 0.497 e. The molecule has 0 spiro atoms. The maximum absolute atomic E-state index is 12.6. The Balaban J connectivity index is 1.95. The lowest BCUT2D eigenvalue weighted by atomic mass is 10.1. The van der Waals surface area contributed by atoms with Gasteiger partial charge in [-0.15, -0.1) is 0 Å². The van der Waals surface area contributed by atoms with E-state index in [9.17, 15) is 13.2 Å². The molecule has 0 saturated carbocycles. The highest BCUT2D eigenvalue weighted by Crippen LogP contribution is 2.25. The van der Waals surface area contributed by atoms with E-state index in [-0.39, 0.29) is 16.1 Å². The minimum Gasteiger partial charge on any atom is -0.497 e. The number of nitrogens with one attached hydrogen (secondary N) is 1. The molecule has 3 aromatic rings. The van der Waals surface area contributed by atoms with Crippen LogP contribution < -0.4 is 9.46 Å². The number of ether oxygens (including phenoxy) is 1. The Kier molecular flexibility index (Phi) is 4.33. The maximum atomic E-state index is 12.6. The number of carboxylic acid groups (broad SMARTS) is 1. The van der Waals surface area contributed by atoms with Crippen molar-refractivity contribution in [3.05, 3.63) is 66.2 Å². The molecule has 0 atom stereocenters. The van der Waals surface area contributed by atoms with E-state index in [4.69, 9.17) is 9.84 Å². The van der Waals surface area contributed by atoms with Gasteiger partial charge in [-0.2, -0.15) is 0 Å². The number of sulfonamides is 1. The molecule has 3 aromatic carbocycles. The summed E-state index contributed by atoms with van der Waals surface area (Å²) in [7, 11) is -2.27. The molecule has 0 amide bonds. The number of carbonyl (C=O) groups is 1. The SMILES string of the molecule is COc1ccc2cc(S(=O)(=O)Nc3cccc(C(=O)O)c3)ccc2c1. The Hall–Kier alpha value is -3.06. The molecular formula is C18H15NO5S. The first-order valence-corrected chi connectivity index (χ1v) is 8.81. The van der Waals surface area contributed by atoms with E-state index in [0.29, 0.717) is 5.75 Å². The first-order chi connectivity index (χ1) is 11.9. The van der Waals surface area contributed by atoms with Gasteiger partial charge in [0.1, 0.15) is 5.75 Å². The van der Waals surface area contributed by atoms with Crippen molar-refractivity contribution in [3.8, 4) is 5.75 Å². The number of hydrogen-bond acceptors (Lipinski definition) is 4. The van der Waals surface area contributed by atoms with Gasteiger partial charge >= 0.3 is 5.97 Å². The summed E-state index contributed by atoms with van der Waals surface area (Å²) < 4.78 is 32.7. The van der Waals surface area contributed by atoms with Gasteiger partial charge in [0.25, 0.3) is 10.0 Å². The molecule has 2 N–H and O–H groups in total. The van der Waals surface area contributed by atoms with E-state index in [1.165, 1.54) is 30.3 Å². The summed E-state index contributed by atoms with van der Waals surface area (Å²) in [4.78, 5) is 11.1. The minimum atomic E-state index is -3.84. The fourth-order valence-corrected chi connectivity index (χ4v) is 3.51. The average molecular weight is 357 g/mol. The van der Waals surface area contributed by atoms with Gasteiger partial charge in [0.15, 0.2) is 0 Å². The van der Waals surface area contributed by atoms with Crippen LogP contribution in [0.15, 0.2) is 65.6 Å². The third-order valence-electron chi connectivity index (χ3n) is 3.69. The molecule has 0 unspecified atom stereocenters. The van der Waals surface area contributed by atoms with Crippen LogP contribution in [0.1, 0.15) is 10.4 Å². The molecule has 0 aromatic heterocycles. The molecule has 0 aliphatic rings. The zero-order valence-corrected chi connectivity index (χ0v) is 14.1. The lowest BCUT2D eigenvalue weighted by molar-refractivity contribution is 0.0697. The standard InChI is InChI=1S/C18H15NO5S/c1-24-16-7-5-13-11-17(8-6-12(13)10-16)25(22,23)19-15-4-2-3-14(9-15)18(20)21/h2-11,19H,1H3,(H,20,21). The molecule has 6 nitrogen and oxygen atoms in total. The van der Waals surface area contributed by atoms with Crippen LogP contribution in [0.25, 0.3) is 10.8 Å². The highest BCUT2D eigenvalue weighted by molar-refractivity contribution is 7.92. The van der Waals surface area contributed by atoms with Crippen LogP contribution in [-0.4, -0.2) is 26.6 Å². The topological polar surface area (TPSA) is 92.7 Å². The van der Waals surface area contributed by atoms with Gasteiger partial charge in [-0.3, -0.25) is 4.72 Å². The fraction of sp³-hybridized carbons (Fsp3) is 0.0556. The quantitative estimate of drug-likeness (QED) is 0.730. The molecule has 3 rings (SSSR count). The Morgan fingerprint density at radius 1 is 1.00 bits per heavy atom. The Morgan fingerprint density at radius 2 is 1.72 bits per heavy atom. The van der Waals surface area contributed by atoms with Crippen LogP contribution in [0.5, 0.6) is 5.75 Å². The Labute approximate surface area is 144 Å². The van der Waals surface area contributed by atoms with Gasteiger partial charge in [0.2, 0.25) is 0 Å². The van der Waals surface area contributed by atoms with Gasteiger partial charge in [-0.25, -0.2) is 13.2 Å². The maximum Gasteiger partial charge on any atom is 0.335 e. The van der Waals surface area contributed by atoms with Crippen LogP contribution in [0.2, 0.25) is 0 Å². The third-order valence-corrected chi connectivity index (χ3v) is 5.07. The molecule has 0 aliphatic carbocycles. The summed E-state index contributed by atoms with van der Waals surface area (Å²) in [5.74, 6) is -0.438. The molecule has 0 aliphatic heterocycles. The van der Waals surface area contributed by atoms with Crippen molar-refractivity contribution >= 4 is 32.5 Å². The van der Waals surface area contributed by atoms with E-state index in [1.54, 1.807) is 31.4 Å². The van der Waals surface area contributed by atoms with Crippen LogP contribution in [-0.2, 0) is 10.0 Å². The van der Waals surface area contributed by atoms with E-state index in [1.807, 2.05) is 6.07 Å². The first kappa shape index (κ1) is 16.8. The number of anilines is 1. The number of carboxylic acids is 1. The van der Waals surface area contributed by atoms with Crippen molar-refractivity contribution in [3.63, 3.8) is 0 Å². The number of hydrogen-bond donors (Lipinski definition) is 2. The second-order valence-corrected chi connectivity index (χ2v) is 7.05. The summed E-state index contributed by atoms with van der Waals surface area (Å²) in [5.41, 5.74) is 0.195. The van der Waals surface area contributed by atoms with Crippen molar-refractivity contribution in [1.29, 1.82) is 0 Å². The van der Waals surface area contributed by atoms with Crippen molar-refractivity contribution in [1.82, 2.24) is 0 Å². The zero-order valence-electron chi connectivity index (χ0n) is 13.3. The number of methoxy groups -OCH3 is 1. The summed E-state index contributed by atoms with van der Waals surface area (Å²) in [6, 6.07) is 15.7. The molecule has 0 bridgehead atoms. The van der Waals surface area contributed by atoms with E-state index in [0.717, 1.165) is 10.8 Å². The molecule has 128 valence electrons. The first-order valence-electron chi connectivity index (χ1n) is 7.33.